The van der Waals surface area contributed by atoms with Gasteiger partial charge in [-0.05, 0) is 0 Å². The van der Waals surface area contributed by atoms with E-state index in [-0.39, 0.29) is 11.9 Å². The van der Waals surface area contributed by atoms with E-state index in [1.807, 2.05) is 0 Å². The second-order valence-electron chi connectivity index (χ2n) is 3.77. The third-order valence-corrected chi connectivity index (χ3v) is 2.61. The summed E-state index contributed by atoms with van der Waals surface area (Å²) in [5, 5.41) is 0. The Morgan fingerprint density at radius 1 is 1.44 bits per heavy atom. The van der Waals surface area contributed by atoms with Crippen molar-refractivity contribution in [1.82, 2.24) is 19.9 Å². The van der Waals surface area contributed by atoms with Gasteiger partial charge in [0.25, 0.3) is 0 Å². The smallest absolute Gasteiger partial charge is 0.229 e. The van der Waals surface area contributed by atoms with Crippen molar-refractivity contribution in [3.8, 4) is 0 Å². The Morgan fingerprint density at radius 2 is 2.31 bits per heavy atom. The predicted molar refractivity (Wildman–Crippen MR) is 56.6 cm³/mol. The van der Waals surface area contributed by atoms with Crippen molar-refractivity contribution in [2.75, 3.05) is 11.4 Å². The number of rotatable bonds is 1. The Morgan fingerprint density at radius 3 is 3.06 bits per heavy atom. The third kappa shape index (κ3) is 1.25. The van der Waals surface area contributed by atoms with Crippen LogP contribution in [-0.2, 0) is 4.79 Å². The molecule has 0 aliphatic carbocycles. The number of fused-ring (bicyclic) bond motifs is 1. The van der Waals surface area contributed by atoms with E-state index in [9.17, 15) is 4.79 Å². The minimum absolute atomic E-state index is 0.0119. The maximum absolute atomic E-state index is 11.7. The first-order valence-corrected chi connectivity index (χ1v) is 4.96. The first-order valence-electron chi connectivity index (χ1n) is 4.96. The highest BCUT2D eigenvalue weighted by Gasteiger charge is 2.30. The topological polar surface area (TPSA) is 101 Å². The largest absolute Gasteiger partial charge is 0.340 e. The lowest BCUT2D eigenvalue weighted by atomic mass is 10.3. The number of nitrogens with zero attached hydrogens (tertiary/aromatic N) is 4. The molecule has 1 amide bonds. The molecule has 1 atom stereocenters. The molecule has 3 rings (SSSR count). The van der Waals surface area contributed by atoms with E-state index in [0.29, 0.717) is 29.9 Å². The molecule has 16 heavy (non-hydrogen) atoms. The number of anilines is 1. The van der Waals surface area contributed by atoms with E-state index in [1.165, 1.54) is 12.7 Å². The molecule has 1 saturated heterocycles. The monoisotopic (exact) mass is 218 g/mol. The summed E-state index contributed by atoms with van der Waals surface area (Å²) >= 11 is 0. The molecule has 0 radical (unpaired) electrons. The number of imidazole rings is 1. The van der Waals surface area contributed by atoms with Gasteiger partial charge < -0.3 is 10.7 Å². The molecule has 2 aromatic rings. The number of hydrogen-bond donors (Lipinski definition) is 2. The van der Waals surface area contributed by atoms with E-state index >= 15 is 0 Å². The number of carbonyl (C=O) groups excluding carboxylic acids is 1. The van der Waals surface area contributed by atoms with Gasteiger partial charge in [0.15, 0.2) is 11.5 Å². The molecule has 1 aliphatic rings. The molecular formula is C9H10N6O. The number of aromatic nitrogens is 4. The zero-order chi connectivity index (χ0) is 11.1. The quantitative estimate of drug-likeness (QED) is 0.666. The Balaban J connectivity index is 2.12. The van der Waals surface area contributed by atoms with Crippen molar-refractivity contribution in [3.05, 3.63) is 12.7 Å². The van der Waals surface area contributed by atoms with Crippen molar-refractivity contribution in [3.63, 3.8) is 0 Å². The van der Waals surface area contributed by atoms with Crippen LogP contribution in [0.2, 0.25) is 0 Å². The summed E-state index contributed by atoms with van der Waals surface area (Å²) in [6.07, 6.45) is 3.29. The van der Waals surface area contributed by atoms with Gasteiger partial charge in [-0.2, -0.15) is 0 Å². The molecule has 0 spiro atoms. The zero-order valence-electron chi connectivity index (χ0n) is 8.42. The van der Waals surface area contributed by atoms with E-state index in [4.69, 9.17) is 5.73 Å². The summed E-state index contributed by atoms with van der Waals surface area (Å²) in [7, 11) is 0. The SMILES string of the molecule is NC1CC(=O)N(c2ncnc3nc[nH]c23)C1. The lowest BCUT2D eigenvalue weighted by Gasteiger charge is -2.14. The van der Waals surface area contributed by atoms with Crippen molar-refractivity contribution >= 4 is 22.9 Å². The van der Waals surface area contributed by atoms with Gasteiger partial charge in [-0.15, -0.1) is 0 Å². The van der Waals surface area contributed by atoms with Crippen LogP contribution in [0.3, 0.4) is 0 Å². The second kappa shape index (κ2) is 3.24. The number of nitrogens with one attached hydrogen (secondary N) is 1. The first-order chi connectivity index (χ1) is 7.75. The van der Waals surface area contributed by atoms with Gasteiger partial charge in [-0.1, -0.05) is 0 Å². The molecule has 1 fully saturated rings. The molecule has 82 valence electrons. The normalized spacial score (nSPS) is 20.9. The minimum Gasteiger partial charge on any atom is -0.340 e. The van der Waals surface area contributed by atoms with Crippen LogP contribution in [0.5, 0.6) is 0 Å². The maximum atomic E-state index is 11.7. The van der Waals surface area contributed by atoms with Crippen LogP contribution in [-0.4, -0.2) is 38.4 Å². The van der Waals surface area contributed by atoms with Crippen LogP contribution in [0.4, 0.5) is 5.82 Å². The summed E-state index contributed by atoms with van der Waals surface area (Å²) in [5.41, 5.74) is 6.97. The molecule has 0 bridgehead atoms. The minimum atomic E-state index is -0.125. The number of nitrogens with two attached hydrogens (primary N) is 1. The van der Waals surface area contributed by atoms with Crippen LogP contribution >= 0.6 is 0 Å². The van der Waals surface area contributed by atoms with Crippen molar-refractivity contribution in [2.45, 2.75) is 12.5 Å². The van der Waals surface area contributed by atoms with Crippen LogP contribution in [0.15, 0.2) is 12.7 Å². The highest BCUT2D eigenvalue weighted by molar-refractivity contribution is 6.00. The molecule has 0 aromatic carbocycles. The molecule has 0 saturated carbocycles. The van der Waals surface area contributed by atoms with E-state index in [0.717, 1.165) is 0 Å². The molecule has 1 aliphatic heterocycles. The molecule has 7 nitrogen and oxygen atoms in total. The van der Waals surface area contributed by atoms with Gasteiger partial charge in [0.1, 0.15) is 11.8 Å². The molecule has 1 unspecified atom stereocenters. The number of amides is 1. The van der Waals surface area contributed by atoms with Crippen molar-refractivity contribution in [2.24, 2.45) is 5.73 Å². The van der Waals surface area contributed by atoms with Gasteiger partial charge in [-0.3, -0.25) is 9.69 Å². The fourth-order valence-corrected chi connectivity index (χ4v) is 1.90. The first kappa shape index (κ1) is 9.22. The molecule has 2 aromatic heterocycles. The van der Waals surface area contributed by atoms with Crippen molar-refractivity contribution < 1.29 is 4.79 Å². The summed E-state index contributed by atoms with van der Waals surface area (Å²) in [6, 6.07) is -0.125. The van der Waals surface area contributed by atoms with Gasteiger partial charge in [0, 0.05) is 19.0 Å². The molecular weight excluding hydrogens is 208 g/mol. The fourth-order valence-electron chi connectivity index (χ4n) is 1.90. The summed E-state index contributed by atoms with van der Waals surface area (Å²) in [5.74, 6) is 0.544. The Bertz CT molecular complexity index is 550. The van der Waals surface area contributed by atoms with Gasteiger partial charge in [-0.25, -0.2) is 15.0 Å². The Hall–Kier alpha value is -2.02. The summed E-state index contributed by atoms with van der Waals surface area (Å²) < 4.78 is 0. The Kier molecular flexibility index (Phi) is 1.87. The standard InChI is InChI=1S/C9H10N6O/c10-5-1-6(16)15(2-5)9-7-8(12-3-11-7)13-4-14-9/h3-5H,1-2,10H2,(H,11,12,13,14). The molecule has 3 heterocycles. The highest BCUT2D eigenvalue weighted by Crippen LogP contribution is 2.23. The van der Waals surface area contributed by atoms with Crippen LogP contribution in [0, 0.1) is 0 Å². The van der Waals surface area contributed by atoms with Crippen molar-refractivity contribution in [1.29, 1.82) is 0 Å². The highest BCUT2D eigenvalue weighted by atomic mass is 16.2. The van der Waals surface area contributed by atoms with E-state index in [1.54, 1.807) is 4.90 Å². The maximum Gasteiger partial charge on any atom is 0.229 e. The number of carbonyl (C=O) groups is 1. The summed E-state index contributed by atoms with van der Waals surface area (Å²) in [6.45, 7) is 0.490. The zero-order valence-corrected chi connectivity index (χ0v) is 8.42. The third-order valence-electron chi connectivity index (χ3n) is 2.61. The van der Waals surface area contributed by atoms with Gasteiger partial charge >= 0.3 is 0 Å². The van der Waals surface area contributed by atoms with Gasteiger partial charge in [0.2, 0.25) is 5.91 Å². The number of aromatic amines is 1. The molecule has 3 N–H and O–H groups in total. The van der Waals surface area contributed by atoms with E-state index < -0.39 is 0 Å². The van der Waals surface area contributed by atoms with Crippen LogP contribution in [0.25, 0.3) is 11.2 Å². The fraction of sp³-hybridized carbons (Fsp3) is 0.333. The summed E-state index contributed by atoms with van der Waals surface area (Å²) in [4.78, 5) is 28.3. The Labute approximate surface area is 90.7 Å². The lowest BCUT2D eigenvalue weighted by Crippen LogP contribution is -2.29. The van der Waals surface area contributed by atoms with Crippen LogP contribution in [0.1, 0.15) is 6.42 Å². The average molecular weight is 218 g/mol. The number of hydrogen-bond acceptors (Lipinski definition) is 5. The predicted octanol–water partition coefficient (Wildman–Crippen LogP) is -0.583. The lowest BCUT2D eigenvalue weighted by molar-refractivity contribution is -0.117. The van der Waals surface area contributed by atoms with Gasteiger partial charge in [0.05, 0.1) is 6.33 Å². The average Bonchev–Trinajstić information content (AvgIpc) is 2.84. The van der Waals surface area contributed by atoms with Crippen LogP contribution < -0.4 is 10.6 Å². The number of H-pyrrole nitrogens is 1. The van der Waals surface area contributed by atoms with E-state index in [2.05, 4.69) is 19.9 Å². The second-order valence-corrected chi connectivity index (χ2v) is 3.77. The molecule has 7 heteroatoms.